The van der Waals surface area contributed by atoms with Crippen LogP contribution in [0.1, 0.15) is 18.1 Å². The second-order valence-electron chi connectivity index (χ2n) is 7.35. The van der Waals surface area contributed by atoms with Gasteiger partial charge in [0.15, 0.2) is 5.72 Å². The molecular weight excluding hydrogens is 405 g/mol. The number of hydrogen-bond acceptors (Lipinski definition) is 7. The fraction of sp³-hybridized carbons (Fsp3) is 0.444. The highest BCUT2D eigenvalue weighted by Crippen LogP contribution is 2.33. The Bertz CT molecular complexity index is 941. The minimum atomic E-state index is -4.36. The van der Waals surface area contributed by atoms with Crippen LogP contribution < -0.4 is 4.74 Å². The largest absolute Gasteiger partial charge is 0.422 e. The third-order valence-corrected chi connectivity index (χ3v) is 5.22. The van der Waals surface area contributed by atoms with Crippen LogP contribution in [0, 0.1) is 10.1 Å². The van der Waals surface area contributed by atoms with Crippen molar-refractivity contribution in [3.63, 3.8) is 0 Å². The third kappa shape index (κ3) is 3.95. The Labute approximate surface area is 169 Å². The second-order valence-corrected chi connectivity index (χ2v) is 7.35. The van der Waals surface area contributed by atoms with Crippen LogP contribution in [-0.4, -0.2) is 62.5 Å². The van der Waals surface area contributed by atoms with E-state index >= 15 is 0 Å². The van der Waals surface area contributed by atoms with Crippen molar-refractivity contribution in [1.82, 2.24) is 19.5 Å². The molecule has 2 aromatic rings. The number of fused-ring (bicyclic) bond motifs is 1. The molecule has 1 fully saturated rings. The fourth-order valence-corrected chi connectivity index (χ4v) is 3.57. The number of piperazine rings is 1. The van der Waals surface area contributed by atoms with Gasteiger partial charge in [-0.15, -0.1) is 0 Å². The predicted octanol–water partition coefficient (Wildman–Crippen LogP) is 2.57. The highest BCUT2D eigenvalue weighted by Gasteiger charge is 2.45. The first-order chi connectivity index (χ1) is 14.1. The SMILES string of the molecule is CC1(N2CCN(/N=C/c3ccc(C(F)(F)F)cc3)CC2)Cn2cc([N+](=O)[O-])nc2O1. The molecule has 1 aromatic carbocycles. The van der Waals surface area contributed by atoms with E-state index < -0.39 is 22.4 Å². The Morgan fingerprint density at radius 1 is 1.23 bits per heavy atom. The summed E-state index contributed by atoms with van der Waals surface area (Å²) in [6.07, 6.45) is -1.45. The van der Waals surface area contributed by atoms with E-state index in [0.29, 0.717) is 38.3 Å². The lowest BCUT2D eigenvalue weighted by molar-refractivity contribution is -0.389. The van der Waals surface area contributed by atoms with Gasteiger partial charge in [-0.05, 0) is 29.5 Å². The fourth-order valence-electron chi connectivity index (χ4n) is 3.57. The first kappa shape index (κ1) is 20.1. The lowest BCUT2D eigenvalue weighted by Crippen LogP contribution is -2.57. The second kappa shape index (κ2) is 7.27. The molecule has 0 bridgehead atoms. The van der Waals surface area contributed by atoms with Crippen LogP contribution in [0.2, 0.25) is 0 Å². The summed E-state index contributed by atoms with van der Waals surface area (Å²) in [5.41, 5.74) is -0.757. The van der Waals surface area contributed by atoms with Crippen molar-refractivity contribution >= 4 is 12.0 Å². The van der Waals surface area contributed by atoms with Crippen molar-refractivity contribution < 1.29 is 22.8 Å². The molecule has 1 saturated heterocycles. The van der Waals surface area contributed by atoms with Gasteiger partial charge in [0, 0.05) is 31.2 Å². The average Bonchev–Trinajstić information content (AvgIpc) is 3.22. The maximum absolute atomic E-state index is 12.6. The van der Waals surface area contributed by atoms with Crippen molar-refractivity contribution in [3.05, 3.63) is 51.7 Å². The van der Waals surface area contributed by atoms with Gasteiger partial charge in [0.05, 0.1) is 18.3 Å². The van der Waals surface area contributed by atoms with Crippen LogP contribution in [0.25, 0.3) is 0 Å². The lowest BCUT2D eigenvalue weighted by Gasteiger charge is -2.41. The Morgan fingerprint density at radius 3 is 2.47 bits per heavy atom. The summed E-state index contributed by atoms with van der Waals surface area (Å²) in [5.74, 6) is -0.241. The molecule has 0 saturated carbocycles. The topological polar surface area (TPSA) is 89.0 Å². The number of hydrazone groups is 1. The highest BCUT2D eigenvalue weighted by molar-refractivity contribution is 5.79. The minimum absolute atomic E-state index is 0.229. The minimum Gasteiger partial charge on any atom is -0.422 e. The van der Waals surface area contributed by atoms with Crippen molar-refractivity contribution in [1.29, 1.82) is 0 Å². The molecule has 160 valence electrons. The molecule has 0 spiro atoms. The molecule has 1 atom stereocenters. The number of nitro groups is 1. The molecule has 0 N–H and O–H groups in total. The molecule has 1 unspecified atom stereocenters. The number of alkyl halides is 3. The molecule has 1 aromatic heterocycles. The summed E-state index contributed by atoms with van der Waals surface area (Å²) in [4.78, 5) is 16.3. The Morgan fingerprint density at radius 2 is 1.90 bits per heavy atom. The van der Waals surface area contributed by atoms with E-state index in [2.05, 4.69) is 15.0 Å². The highest BCUT2D eigenvalue weighted by atomic mass is 19.4. The monoisotopic (exact) mass is 424 g/mol. The molecule has 9 nitrogen and oxygen atoms in total. The number of imidazole rings is 1. The van der Waals surface area contributed by atoms with Crippen LogP contribution in [0.4, 0.5) is 19.0 Å². The average molecular weight is 424 g/mol. The molecule has 30 heavy (non-hydrogen) atoms. The number of rotatable bonds is 4. The Hall–Kier alpha value is -3.15. The number of hydrogen-bond donors (Lipinski definition) is 0. The maximum atomic E-state index is 12.6. The third-order valence-electron chi connectivity index (χ3n) is 5.22. The summed E-state index contributed by atoms with van der Waals surface area (Å²) >= 11 is 0. The summed E-state index contributed by atoms with van der Waals surface area (Å²) in [6.45, 7) is 4.85. The van der Waals surface area contributed by atoms with Crippen LogP contribution in [0.15, 0.2) is 35.6 Å². The van der Waals surface area contributed by atoms with Crippen molar-refractivity contribution in [2.75, 3.05) is 26.2 Å². The molecule has 3 heterocycles. The van der Waals surface area contributed by atoms with Gasteiger partial charge in [-0.1, -0.05) is 12.1 Å². The van der Waals surface area contributed by atoms with E-state index in [9.17, 15) is 23.3 Å². The summed E-state index contributed by atoms with van der Waals surface area (Å²) in [5, 5.41) is 17.0. The van der Waals surface area contributed by atoms with E-state index in [0.717, 1.165) is 12.1 Å². The van der Waals surface area contributed by atoms with Gasteiger partial charge in [-0.25, -0.2) is 0 Å². The van der Waals surface area contributed by atoms with Gasteiger partial charge in [0.2, 0.25) is 0 Å². The number of ether oxygens (including phenoxy) is 1. The zero-order valence-corrected chi connectivity index (χ0v) is 16.0. The molecule has 0 amide bonds. The van der Waals surface area contributed by atoms with Crippen molar-refractivity contribution in [2.24, 2.45) is 5.10 Å². The number of halogens is 3. The van der Waals surface area contributed by atoms with Crippen LogP contribution in [-0.2, 0) is 12.7 Å². The van der Waals surface area contributed by atoms with Crippen LogP contribution >= 0.6 is 0 Å². The first-order valence-electron chi connectivity index (χ1n) is 9.26. The summed E-state index contributed by atoms with van der Waals surface area (Å²) in [6, 6.07) is 5.07. The van der Waals surface area contributed by atoms with E-state index in [1.54, 1.807) is 10.8 Å². The molecule has 2 aliphatic rings. The summed E-state index contributed by atoms with van der Waals surface area (Å²) in [7, 11) is 0. The van der Waals surface area contributed by atoms with Gasteiger partial charge >= 0.3 is 18.0 Å². The van der Waals surface area contributed by atoms with Gasteiger partial charge in [-0.2, -0.15) is 18.3 Å². The maximum Gasteiger partial charge on any atom is 0.416 e. The van der Waals surface area contributed by atoms with Gasteiger partial charge < -0.3 is 14.9 Å². The van der Waals surface area contributed by atoms with Crippen LogP contribution in [0.3, 0.4) is 0 Å². The normalized spacial score (nSPS) is 22.3. The molecule has 0 radical (unpaired) electrons. The summed E-state index contributed by atoms with van der Waals surface area (Å²) < 4.78 is 45.4. The van der Waals surface area contributed by atoms with Gasteiger partial charge in [-0.3, -0.25) is 14.5 Å². The molecule has 2 aliphatic heterocycles. The van der Waals surface area contributed by atoms with Crippen LogP contribution in [0.5, 0.6) is 6.01 Å². The molecule has 12 heteroatoms. The zero-order chi connectivity index (χ0) is 21.5. The number of benzene rings is 1. The lowest BCUT2D eigenvalue weighted by atomic mass is 10.1. The Balaban J connectivity index is 1.32. The molecular formula is C18H19F3N6O3. The van der Waals surface area contributed by atoms with Crippen molar-refractivity contribution in [3.8, 4) is 6.01 Å². The smallest absolute Gasteiger partial charge is 0.416 e. The van der Waals surface area contributed by atoms with E-state index in [4.69, 9.17) is 4.74 Å². The Kier molecular flexibility index (Phi) is 4.88. The number of aromatic nitrogens is 2. The standard InChI is InChI=1S/C18H19F3N6O3/c1-17(12-24-11-15(27(28)29)23-16(24)30-17)25-6-8-26(9-7-25)22-10-13-2-4-14(5-3-13)18(19,20)21/h2-5,10-11H,6-9,12H2,1H3/b22-10+. The van der Waals surface area contributed by atoms with Crippen molar-refractivity contribution in [2.45, 2.75) is 25.4 Å². The van der Waals surface area contributed by atoms with E-state index in [1.807, 2.05) is 11.9 Å². The first-order valence-corrected chi connectivity index (χ1v) is 9.26. The predicted molar refractivity (Wildman–Crippen MR) is 100 cm³/mol. The zero-order valence-electron chi connectivity index (χ0n) is 16.0. The van der Waals surface area contributed by atoms with Gasteiger partial charge in [0.1, 0.15) is 6.20 Å². The number of nitrogens with zero attached hydrogens (tertiary/aromatic N) is 6. The van der Waals surface area contributed by atoms with Gasteiger partial charge in [0.25, 0.3) is 0 Å². The molecule has 4 rings (SSSR count). The molecule has 0 aliphatic carbocycles. The van der Waals surface area contributed by atoms with E-state index in [1.165, 1.54) is 18.3 Å². The quantitative estimate of drug-likeness (QED) is 0.426. The van der Waals surface area contributed by atoms with E-state index in [-0.39, 0.29) is 11.8 Å².